The molecular formula is C21H20F2N6O4. The SMILES string of the molecule is CNC(=O)NC(C)(C(F)F)[C@H](NC(=O)c1ccc(C#CC#Cc2c[nH]cn2)cc1)C(=O)NO. The average Bonchev–Trinajstić information content (AvgIpc) is 3.33. The fourth-order valence-corrected chi connectivity index (χ4v) is 2.56. The van der Waals surface area contributed by atoms with Crippen LogP contribution in [0.2, 0.25) is 0 Å². The number of carbonyl (C=O) groups is 3. The number of aromatic amines is 1. The molecule has 0 aliphatic heterocycles. The zero-order chi connectivity index (χ0) is 24.4. The fourth-order valence-electron chi connectivity index (χ4n) is 2.56. The van der Waals surface area contributed by atoms with Crippen molar-refractivity contribution in [3.05, 3.63) is 53.6 Å². The first-order valence-electron chi connectivity index (χ1n) is 9.35. The number of nitrogens with one attached hydrogen (secondary N) is 5. The first kappa shape index (κ1) is 24.8. The number of hydroxylamine groups is 1. The second-order valence-corrected chi connectivity index (χ2v) is 6.70. The molecule has 0 spiro atoms. The highest BCUT2D eigenvalue weighted by Crippen LogP contribution is 2.21. The summed E-state index contributed by atoms with van der Waals surface area (Å²) in [4.78, 5) is 43.0. The number of hydrogen-bond acceptors (Lipinski definition) is 5. The lowest BCUT2D eigenvalue weighted by Crippen LogP contribution is -2.69. The number of H-pyrrole nitrogens is 1. The van der Waals surface area contributed by atoms with Crippen LogP contribution in [0.4, 0.5) is 13.6 Å². The Morgan fingerprint density at radius 3 is 2.36 bits per heavy atom. The van der Waals surface area contributed by atoms with E-state index in [-0.39, 0.29) is 5.56 Å². The molecule has 0 aliphatic carbocycles. The molecule has 1 aromatic carbocycles. The quantitative estimate of drug-likeness (QED) is 0.210. The van der Waals surface area contributed by atoms with Crippen molar-refractivity contribution in [1.82, 2.24) is 31.4 Å². The normalized spacial score (nSPS) is 12.7. The molecule has 4 amide bonds. The zero-order valence-corrected chi connectivity index (χ0v) is 17.5. The Labute approximate surface area is 187 Å². The van der Waals surface area contributed by atoms with Crippen LogP contribution in [-0.4, -0.2) is 58.1 Å². The van der Waals surface area contributed by atoms with Gasteiger partial charge in [-0.2, -0.15) is 0 Å². The summed E-state index contributed by atoms with van der Waals surface area (Å²) in [6, 6.07) is 2.69. The molecule has 10 nitrogen and oxygen atoms in total. The standard InChI is InChI=1S/C21H20F2N6O4/c1-21(19(22)23,28-20(32)24-2)16(18(31)29-33)27-17(30)14-9-7-13(8-10-14)5-3-4-6-15-11-25-12-26-15/h7-12,16,19,33H,1-2H3,(H,25,26)(H,27,30)(H,29,31)(H2,24,28,32)/t16-,21?/m1/s1. The van der Waals surface area contributed by atoms with Crippen LogP contribution in [0.3, 0.4) is 0 Å². The lowest BCUT2D eigenvalue weighted by Gasteiger charge is -2.36. The Bertz CT molecular complexity index is 1110. The Kier molecular flexibility index (Phi) is 8.49. The molecule has 172 valence electrons. The van der Waals surface area contributed by atoms with Crippen LogP contribution in [0, 0.1) is 23.7 Å². The van der Waals surface area contributed by atoms with Crippen molar-refractivity contribution in [3.8, 4) is 23.7 Å². The lowest BCUT2D eigenvalue weighted by molar-refractivity contribution is -0.135. The first-order valence-corrected chi connectivity index (χ1v) is 9.35. The van der Waals surface area contributed by atoms with Gasteiger partial charge < -0.3 is 20.9 Å². The Morgan fingerprint density at radius 2 is 1.82 bits per heavy atom. The molecule has 2 aromatic rings. The summed E-state index contributed by atoms with van der Waals surface area (Å²) in [6.07, 6.45) is -0.193. The molecule has 1 aromatic heterocycles. The van der Waals surface area contributed by atoms with E-state index in [4.69, 9.17) is 5.21 Å². The highest BCUT2D eigenvalue weighted by molar-refractivity contribution is 5.98. The maximum Gasteiger partial charge on any atom is 0.315 e. The fraction of sp³-hybridized carbons (Fsp3) is 0.238. The zero-order valence-electron chi connectivity index (χ0n) is 17.5. The van der Waals surface area contributed by atoms with Gasteiger partial charge in [0.25, 0.3) is 18.2 Å². The van der Waals surface area contributed by atoms with Crippen molar-refractivity contribution in [2.24, 2.45) is 0 Å². The molecule has 2 rings (SSSR count). The average molecular weight is 458 g/mol. The topological polar surface area (TPSA) is 148 Å². The van der Waals surface area contributed by atoms with Crippen LogP contribution in [0.15, 0.2) is 36.8 Å². The Hall–Kier alpha value is -4.42. The molecule has 0 radical (unpaired) electrons. The van der Waals surface area contributed by atoms with Gasteiger partial charge in [0.2, 0.25) is 0 Å². The molecule has 0 saturated heterocycles. The smallest absolute Gasteiger partial charge is 0.315 e. The van der Waals surface area contributed by atoms with Gasteiger partial charge in [-0.05, 0) is 49.0 Å². The van der Waals surface area contributed by atoms with E-state index in [1.165, 1.54) is 43.1 Å². The minimum absolute atomic E-state index is 0.0236. The van der Waals surface area contributed by atoms with E-state index in [0.717, 1.165) is 6.92 Å². The van der Waals surface area contributed by atoms with Gasteiger partial charge in [0.1, 0.15) is 17.3 Å². The molecule has 0 bridgehead atoms. The van der Waals surface area contributed by atoms with E-state index in [0.29, 0.717) is 11.3 Å². The Balaban J connectivity index is 2.19. The van der Waals surface area contributed by atoms with Crippen molar-refractivity contribution in [2.45, 2.75) is 24.9 Å². The number of carbonyl (C=O) groups excluding carboxylic acids is 3. The number of amides is 4. The number of imidazole rings is 1. The lowest BCUT2D eigenvalue weighted by atomic mass is 9.91. The van der Waals surface area contributed by atoms with Crippen LogP contribution >= 0.6 is 0 Å². The van der Waals surface area contributed by atoms with Gasteiger partial charge >= 0.3 is 6.03 Å². The summed E-state index contributed by atoms with van der Waals surface area (Å²) in [7, 11) is 1.19. The van der Waals surface area contributed by atoms with Crippen molar-refractivity contribution in [1.29, 1.82) is 0 Å². The number of alkyl halides is 2. The molecule has 6 N–H and O–H groups in total. The first-order chi connectivity index (χ1) is 15.7. The van der Waals surface area contributed by atoms with Gasteiger partial charge in [0.05, 0.1) is 6.33 Å². The maximum atomic E-state index is 13.8. The number of rotatable bonds is 6. The minimum Gasteiger partial charge on any atom is -0.350 e. The second-order valence-electron chi connectivity index (χ2n) is 6.70. The highest BCUT2D eigenvalue weighted by Gasteiger charge is 2.48. The van der Waals surface area contributed by atoms with Gasteiger partial charge in [-0.1, -0.05) is 5.92 Å². The number of nitrogens with zero attached hydrogens (tertiary/aromatic N) is 1. The third-order valence-electron chi connectivity index (χ3n) is 4.42. The molecule has 0 saturated carbocycles. The van der Waals surface area contributed by atoms with E-state index < -0.39 is 35.9 Å². The van der Waals surface area contributed by atoms with Gasteiger partial charge in [0.15, 0.2) is 0 Å². The largest absolute Gasteiger partial charge is 0.350 e. The van der Waals surface area contributed by atoms with Crippen LogP contribution in [0.25, 0.3) is 0 Å². The van der Waals surface area contributed by atoms with Crippen LogP contribution in [0.5, 0.6) is 0 Å². The predicted molar refractivity (Wildman–Crippen MR) is 112 cm³/mol. The molecule has 2 atom stereocenters. The number of urea groups is 1. The molecule has 1 heterocycles. The number of hydrogen-bond donors (Lipinski definition) is 6. The number of aromatic nitrogens is 2. The van der Waals surface area contributed by atoms with Crippen molar-refractivity contribution < 1.29 is 28.4 Å². The van der Waals surface area contributed by atoms with Crippen LogP contribution in [0.1, 0.15) is 28.5 Å². The predicted octanol–water partition coefficient (Wildman–Crippen LogP) is 0.370. The summed E-state index contributed by atoms with van der Waals surface area (Å²) >= 11 is 0. The van der Waals surface area contributed by atoms with E-state index in [1.54, 1.807) is 6.20 Å². The van der Waals surface area contributed by atoms with Gasteiger partial charge in [0, 0.05) is 24.4 Å². The monoisotopic (exact) mass is 458 g/mol. The van der Waals surface area contributed by atoms with Crippen LogP contribution < -0.4 is 21.4 Å². The van der Waals surface area contributed by atoms with Crippen LogP contribution in [-0.2, 0) is 4.79 Å². The van der Waals surface area contributed by atoms with Crippen molar-refractivity contribution in [2.75, 3.05) is 7.05 Å². The highest BCUT2D eigenvalue weighted by atomic mass is 19.3. The molecule has 1 unspecified atom stereocenters. The van der Waals surface area contributed by atoms with E-state index in [9.17, 15) is 23.2 Å². The molecule has 0 aliphatic rings. The molecular weight excluding hydrogens is 438 g/mol. The van der Waals surface area contributed by atoms with Crippen molar-refractivity contribution in [3.63, 3.8) is 0 Å². The minimum atomic E-state index is -3.28. The van der Waals surface area contributed by atoms with Gasteiger partial charge in [-0.15, -0.1) is 0 Å². The summed E-state index contributed by atoms with van der Waals surface area (Å²) < 4.78 is 27.6. The Morgan fingerprint density at radius 1 is 1.15 bits per heavy atom. The summed E-state index contributed by atoms with van der Waals surface area (Å²) in [6.45, 7) is 0.857. The third-order valence-corrected chi connectivity index (χ3v) is 4.42. The van der Waals surface area contributed by atoms with Gasteiger partial charge in [-0.3, -0.25) is 14.8 Å². The maximum absolute atomic E-state index is 13.8. The summed E-state index contributed by atoms with van der Waals surface area (Å²) in [5, 5.41) is 15.1. The number of benzene rings is 1. The molecule has 33 heavy (non-hydrogen) atoms. The van der Waals surface area contributed by atoms with E-state index in [2.05, 4.69) is 44.3 Å². The second kappa shape index (κ2) is 11.3. The molecule has 0 fully saturated rings. The van der Waals surface area contributed by atoms with E-state index >= 15 is 0 Å². The van der Waals surface area contributed by atoms with Crippen molar-refractivity contribution >= 4 is 17.8 Å². The van der Waals surface area contributed by atoms with E-state index in [1.807, 2.05) is 5.32 Å². The summed E-state index contributed by atoms with van der Waals surface area (Å²) in [5.41, 5.74) is -0.245. The third kappa shape index (κ3) is 6.53. The number of halogens is 2. The summed E-state index contributed by atoms with van der Waals surface area (Å²) in [5.74, 6) is 8.48. The molecule has 12 heteroatoms. The van der Waals surface area contributed by atoms with Gasteiger partial charge in [-0.25, -0.2) is 24.0 Å².